The number of benzene rings is 1. The van der Waals surface area contributed by atoms with Crippen molar-refractivity contribution in [1.82, 2.24) is 19.8 Å². The number of amides is 1. The maximum atomic E-state index is 12.0. The predicted octanol–water partition coefficient (Wildman–Crippen LogP) is 2.06. The number of rotatable bonds is 5. The van der Waals surface area contributed by atoms with Gasteiger partial charge in [0, 0.05) is 11.3 Å². The molecule has 1 N–H and O–H groups in total. The highest BCUT2D eigenvalue weighted by molar-refractivity contribution is 7.99. The number of hydrogen-bond donors (Lipinski definition) is 1. The van der Waals surface area contributed by atoms with Gasteiger partial charge in [-0.3, -0.25) is 9.59 Å². The van der Waals surface area contributed by atoms with Gasteiger partial charge in [0.05, 0.1) is 5.75 Å². The van der Waals surface area contributed by atoms with Gasteiger partial charge in [-0.15, -0.1) is 10.2 Å². The summed E-state index contributed by atoms with van der Waals surface area (Å²) in [6.07, 6.45) is 1.51. The van der Waals surface area contributed by atoms with E-state index in [1.807, 2.05) is 0 Å². The summed E-state index contributed by atoms with van der Waals surface area (Å²) < 4.78 is 1.56. The Hall–Kier alpha value is -2.74. The van der Waals surface area contributed by atoms with Crippen LogP contribution in [-0.4, -0.2) is 37.3 Å². The van der Waals surface area contributed by atoms with Gasteiger partial charge in [-0.25, -0.2) is 0 Å². The lowest BCUT2D eigenvalue weighted by molar-refractivity contribution is -0.113. The number of anilines is 1. The number of hydrogen-bond acceptors (Lipinski definition) is 6. The zero-order valence-electron chi connectivity index (χ0n) is 12.3. The average Bonchev–Trinajstić information content (AvgIpc) is 3.01. The fourth-order valence-corrected chi connectivity index (χ4v) is 2.57. The molecule has 0 saturated heterocycles. The van der Waals surface area contributed by atoms with E-state index in [9.17, 15) is 9.59 Å². The molecule has 3 rings (SSSR count). The van der Waals surface area contributed by atoms with Crippen molar-refractivity contribution in [2.75, 3.05) is 11.1 Å². The van der Waals surface area contributed by atoms with Crippen molar-refractivity contribution >= 4 is 34.8 Å². The monoisotopic (exact) mass is 327 g/mol. The number of carbonyl (C=O) groups is 2. The molecule has 1 aromatic carbocycles. The van der Waals surface area contributed by atoms with Crippen molar-refractivity contribution in [2.45, 2.75) is 11.9 Å². The molecule has 0 unspecified atom stereocenters. The Bertz CT molecular complexity index is 860. The summed E-state index contributed by atoms with van der Waals surface area (Å²) in [5.74, 6) is 0.0832. The lowest BCUT2D eigenvalue weighted by atomic mass is 10.1. The molecule has 7 nitrogen and oxygen atoms in total. The van der Waals surface area contributed by atoms with Crippen molar-refractivity contribution in [3.63, 3.8) is 0 Å². The van der Waals surface area contributed by atoms with E-state index >= 15 is 0 Å². The zero-order chi connectivity index (χ0) is 16.2. The number of Topliss-reactive ketones (excluding diaryl/α,β-unsaturated/α-hetero) is 1. The van der Waals surface area contributed by atoms with E-state index in [2.05, 4.69) is 20.6 Å². The van der Waals surface area contributed by atoms with Gasteiger partial charge < -0.3 is 5.32 Å². The Labute approximate surface area is 136 Å². The Balaban J connectivity index is 1.57. The first kappa shape index (κ1) is 15.2. The van der Waals surface area contributed by atoms with E-state index < -0.39 is 0 Å². The van der Waals surface area contributed by atoms with Gasteiger partial charge >= 0.3 is 0 Å². The molecular formula is C15H13N5O2S. The van der Waals surface area contributed by atoms with Crippen molar-refractivity contribution in [1.29, 1.82) is 0 Å². The van der Waals surface area contributed by atoms with Gasteiger partial charge in [0.25, 0.3) is 0 Å². The van der Waals surface area contributed by atoms with Crippen molar-refractivity contribution in [2.24, 2.45) is 0 Å². The molecule has 0 spiro atoms. The van der Waals surface area contributed by atoms with Crippen LogP contribution in [0.4, 0.5) is 5.69 Å². The summed E-state index contributed by atoms with van der Waals surface area (Å²) >= 11 is 1.32. The molecule has 0 radical (unpaired) electrons. The third-order valence-corrected chi connectivity index (χ3v) is 3.98. The number of thioether (sulfide) groups is 1. The van der Waals surface area contributed by atoms with Crippen LogP contribution in [0, 0.1) is 0 Å². The van der Waals surface area contributed by atoms with Gasteiger partial charge in [0.2, 0.25) is 5.91 Å². The van der Waals surface area contributed by atoms with Crippen LogP contribution in [0.15, 0.2) is 47.8 Å². The fourth-order valence-electron chi connectivity index (χ4n) is 1.91. The van der Waals surface area contributed by atoms with E-state index in [1.165, 1.54) is 25.0 Å². The fraction of sp³-hybridized carbons (Fsp3) is 0.133. The highest BCUT2D eigenvalue weighted by atomic mass is 32.2. The summed E-state index contributed by atoms with van der Waals surface area (Å²) in [5.41, 5.74) is 1.93. The average molecular weight is 327 g/mol. The third kappa shape index (κ3) is 3.72. The normalized spacial score (nSPS) is 10.7. The number of nitrogens with one attached hydrogen (secondary N) is 1. The van der Waals surface area contributed by atoms with Crippen LogP contribution in [0.2, 0.25) is 0 Å². The highest BCUT2D eigenvalue weighted by Gasteiger charge is 2.07. The highest BCUT2D eigenvalue weighted by Crippen LogP contribution is 2.16. The third-order valence-electron chi connectivity index (χ3n) is 3.06. The predicted molar refractivity (Wildman–Crippen MR) is 86.6 cm³/mol. The molecule has 0 fully saturated rings. The first-order chi connectivity index (χ1) is 11.1. The second-order valence-corrected chi connectivity index (χ2v) is 5.77. The van der Waals surface area contributed by atoms with E-state index in [0.29, 0.717) is 21.9 Å². The first-order valence-electron chi connectivity index (χ1n) is 6.82. The second kappa shape index (κ2) is 6.57. The van der Waals surface area contributed by atoms with Crippen LogP contribution in [0.1, 0.15) is 17.3 Å². The SMILES string of the molecule is CC(=O)c1ccc(NC(=O)CSc2ccc3nncn3n2)cc1. The molecule has 1 amide bonds. The van der Waals surface area contributed by atoms with Crippen LogP contribution in [0.25, 0.3) is 5.65 Å². The number of aromatic nitrogens is 4. The van der Waals surface area contributed by atoms with Crippen LogP contribution >= 0.6 is 11.8 Å². The summed E-state index contributed by atoms with van der Waals surface area (Å²) in [4.78, 5) is 23.2. The van der Waals surface area contributed by atoms with Gasteiger partial charge in [-0.05, 0) is 43.3 Å². The number of carbonyl (C=O) groups excluding carboxylic acids is 2. The van der Waals surface area contributed by atoms with Gasteiger partial charge in [0.15, 0.2) is 11.4 Å². The van der Waals surface area contributed by atoms with Crippen molar-refractivity contribution in [3.8, 4) is 0 Å². The standard InChI is InChI=1S/C15H13N5O2S/c1-10(21)11-2-4-12(5-3-11)17-14(22)8-23-15-7-6-13-18-16-9-20(13)19-15/h2-7,9H,8H2,1H3,(H,17,22). The van der Waals surface area contributed by atoms with Crippen LogP contribution < -0.4 is 5.32 Å². The van der Waals surface area contributed by atoms with Gasteiger partial charge in [-0.1, -0.05) is 11.8 Å². The molecule has 2 aromatic heterocycles. The molecule has 0 bridgehead atoms. The van der Waals surface area contributed by atoms with Gasteiger partial charge in [-0.2, -0.15) is 9.61 Å². The zero-order valence-corrected chi connectivity index (χ0v) is 13.1. The number of ketones is 1. The Morgan fingerprint density at radius 3 is 2.70 bits per heavy atom. The maximum Gasteiger partial charge on any atom is 0.234 e. The van der Waals surface area contributed by atoms with E-state index in [-0.39, 0.29) is 17.4 Å². The van der Waals surface area contributed by atoms with E-state index in [1.54, 1.807) is 40.9 Å². The summed E-state index contributed by atoms with van der Waals surface area (Å²) in [6.45, 7) is 1.50. The van der Waals surface area contributed by atoms with Crippen molar-refractivity contribution < 1.29 is 9.59 Å². The van der Waals surface area contributed by atoms with Gasteiger partial charge in [0.1, 0.15) is 11.4 Å². The number of nitrogens with zero attached hydrogens (tertiary/aromatic N) is 4. The van der Waals surface area contributed by atoms with Crippen LogP contribution in [0.3, 0.4) is 0 Å². The van der Waals surface area contributed by atoms with Crippen LogP contribution in [-0.2, 0) is 4.79 Å². The largest absolute Gasteiger partial charge is 0.325 e. The Kier molecular flexibility index (Phi) is 4.33. The Morgan fingerprint density at radius 1 is 1.17 bits per heavy atom. The minimum Gasteiger partial charge on any atom is -0.325 e. The quantitative estimate of drug-likeness (QED) is 0.570. The molecular weight excluding hydrogens is 314 g/mol. The minimum atomic E-state index is -0.142. The molecule has 0 aliphatic rings. The van der Waals surface area contributed by atoms with Crippen LogP contribution in [0.5, 0.6) is 0 Å². The first-order valence-corrected chi connectivity index (χ1v) is 7.81. The molecule has 0 aliphatic carbocycles. The summed E-state index contributed by atoms with van der Waals surface area (Å²) in [7, 11) is 0. The second-order valence-electron chi connectivity index (χ2n) is 4.78. The number of fused-ring (bicyclic) bond motifs is 1. The minimum absolute atomic E-state index is 0.00566. The molecule has 23 heavy (non-hydrogen) atoms. The summed E-state index contributed by atoms with van der Waals surface area (Å²) in [5, 5.41) is 15.4. The molecule has 2 heterocycles. The Morgan fingerprint density at radius 2 is 1.96 bits per heavy atom. The van der Waals surface area contributed by atoms with E-state index in [4.69, 9.17) is 0 Å². The molecule has 8 heteroatoms. The maximum absolute atomic E-state index is 12.0. The smallest absolute Gasteiger partial charge is 0.234 e. The molecule has 0 aliphatic heterocycles. The molecule has 116 valence electrons. The molecule has 0 atom stereocenters. The lowest BCUT2D eigenvalue weighted by Crippen LogP contribution is -2.14. The van der Waals surface area contributed by atoms with E-state index in [0.717, 1.165) is 0 Å². The molecule has 0 saturated carbocycles. The summed E-state index contributed by atoms with van der Waals surface area (Å²) in [6, 6.07) is 10.4. The lowest BCUT2D eigenvalue weighted by Gasteiger charge is -2.05. The van der Waals surface area contributed by atoms with Crippen molar-refractivity contribution in [3.05, 3.63) is 48.3 Å². The molecule has 3 aromatic rings. The topological polar surface area (TPSA) is 89.2 Å².